The van der Waals surface area contributed by atoms with Gasteiger partial charge in [0.05, 0.1) is 19.3 Å². The Kier molecular flexibility index (Phi) is 4.15. The minimum atomic E-state index is 0.147. The predicted octanol–water partition coefficient (Wildman–Crippen LogP) is 2.07. The third-order valence-electron chi connectivity index (χ3n) is 4.56. The van der Waals surface area contributed by atoms with E-state index in [4.69, 9.17) is 4.74 Å². The van der Waals surface area contributed by atoms with E-state index >= 15 is 0 Å². The van der Waals surface area contributed by atoms with Crippen LogP contribution in [0.4, 0.5) is 5.69 Å². The average molecular weight is 288 g/mol. The molecule has 4 heteroatoms. The number of fused-ring (bicyclic) bond motifs is 1. The van der Waals surface area contributed by atoms with Crippen molar-refractivity contribution in [1.29, 1.82) is 0 Å². The van der Waals surface area contributed by atoms with Gasteiger partial charge in [-0.05, 0) is 38.3 Å². The van der Waals surface area contributed by atoms with Gasteiger partial charge in [-0.2, -0.15) is 0 Å². The Labute approximate surface area is 126 Å². The van der Waals surface area contributed by atoms with E-state index in [1.165, 1.54) is 11.3 Å². The van der Waals surface area contributed by atoms with E-state index in [-0.39, 0.29) is 12.0 Å². The van der Waals surface area contributed by atoms with E-state index in [9.17, 15) is 4.79 Å². The van der Waals surface area contributed by atoms with Crippen LogP contribution in [0.1, 0.15) is 25.8 Å². The van der Waals surface area contributed by atoms with Crippen LogP contribution in [-0.2, 0) is 16.0 Å². The second-order valence-corrected chi connectivity index (χ2v) is 6.17. The first-order chi connectivity index (χ1) is 10.1. The minimum Gasteiger partial charge on any atom is -0.375 e. The predicted molar refractivity (Wildman–Crippen MR) is 83.6 cm³/mol. The molecule has 0 aromatic heterocycles. The molecule has 0 aliphatic carbocycles. The van der Waals surface area contributed by atoms with E-state index in [1.807, 2.05) is 11.8 Å². The Balaban J connectivity index is 1.73. The number of rotatable bonds is 2. The fraction of sp³-hybridized carbons (Fsp3) is 0.588. The highest BCUT2D eigenvalue weighted by molar-refractivity contribution is 5.82. The minimum absolute atomic E-state index is 0.147. The van der Waals surface area contributed by atoms with Gasteiger partial charge in [0, 0.05) is 24.8 Å². The monoisotopic (exact) mass is 288 g/mol. The fourth-order valence-electron chi connectivity index (χ4n) is 3.29. The molecule has 1 saturated heterocycles. The molecule has 2 aliphatic heterocycles. The van der Waals surface area contributed by atoms with Gasteiger partial charge in [0.25, 0.3) is 0 Å². The molecule has 0 spiro atoms. The summed E-state index contributed by atoms with van der Waals surface area (Å²) in [5.74, 6) is 0.216. The normalized spacial score (nSPS) is 25.6. The van der Waals surface area contributed by atoms with Crippen molar-refractivity contribution in [2.24, 2.45) is 0 Å². The molecule has 114 valence electrons. The number of hydrogen-bond acceptors (Lipinski definition) is 3. The maximum atomic E-state index is 12.6. The molecule has 0 N–H and O–H groups in total. The Morgan fingerprint density at radius 2 is 2.14 bits per heavy atom. The molecule has 3 rings (SSSR count). The van der Waals surface area contributed by atoms with Crippen molar-refractivity contribution in [2.45, 2.75) is 38.8 Å². The summed E-state index contributed by atoms with van der Waals surface area (Å²) < 4.78 is 5.52. The maximum absolute atomic E-state index is 12.6. The van der Waals surface area contributed by atoms with Crippen LogP contribution >= 0.6 is 0 Å². The number of carbonyl (C=O) groups is 1. The van der Waals surface area contributed by atoms with Crippen LogP contribution in [0, 0.1) is 0 Å². The molecule has 1 amide bonds. The van der Waals surface area contributed by atoms with Gasteiger partial charge in [-0.15, -0.1) is 0 Å². The van der Waals surface area contributed by atoms with Crippen molar-refractivity contribution in [3.05, 3.63) is 29.8 Å². The maximum Gasteiger partial charge on any atom is 0.242 e. The van der Waals surface area contributed by atoms with E-state index in [0.717, 1.165) is 12.8 Å². The van der Waals surface area contributed by atoms with Crippen molar-refractivity contribution >= 4 is 11.6 Å². The molecule has 1 aromatic rings. The number of morpholine rings is 1. The number of carbonyl (C=O) groups excluding carboxylic acids is 1. The van der Waals surface area contributed by atoms with Crippen LogP contribution in [0.3, 0.4) is 0 Å². The molecular formula is C17H24N2O2. The van der Waals surface area contributed by atoms with Gasteiger partial charge in [0.1, 0.15) is 0 Å². The standard InChI is InChI=1S/C17H24N2O2/c1-13-7-8-15-5-3-4-6-16(15)19(13)12-17(20)18-9-10-21-14(2)11-18/h3-6,13-14H,7-12H2,1-2H3. The lowest BCUT2D eigenvalue weighted by molar-refractivity contribution is -0.136. The molecule has 2 unspecified atom stereocenters. The van der Waals surface area contributed by atoms with Gasteiger partial charge in [0.2, 0.25) is 5.91 Å². The fourth-order valence-corrected chi connectivity index (χ4v) is 3.29. The zero-order valence-corrected chi connectivity index (χ0v) is 12.9. The summed E-state index contributed by atoms with van der Waals surface area (Å²) in [6.07, 6.45) is 2.37. The summed E-state index contributed by atoms with van der Waals surface area (Å²) in [4.78, 5) is 16.8. The second-order valence-electron chi connectivity index (χ2n) is 6.17. The third kappa shape index (κ3) is 3.05. The van der Waals surface area contributed by atoms with Crippen molar-refractivity contribution < 1.29 is 9.53 Å². The van der Waals surface area contributed by atoms with Crippen molar-refractivity contribution in [1.82, 2.24) is 4.90 Å². The first-order valence-corrected chi connectivity index (χ1v) is 7.89. The highest BCUT2D eigenvalue weighted by Gasteiger charge is 2.28. The summed E-state index contributed by atoms with van der Waals surface area (Å²) in [6.45, 7) is 6.79. The molecule has 0 bridgehead atoms. The molecule has 21 heavy (non-hydrogen) atoms. The largest absolute Gasteiger partial charge is 0.375 e. The van der Waals surface area contributed by atoms with E-state index in [2.05, 4.69) is 36.1 Å². The number of para-hydroxylation sites is 1. The Morgan fingerprint density at radius 1 is 1.33 bits per heavy atom. The molecule has 4 nitrogen and oxygen atoms in total. The van der Waals surface area contributed by atoms with Gasteiger partial charge in [0.15, 0.2) is 0 Å². The van der Waals surface area contributed by atoms with Gasteiger partial charge in [-0.1, -0.05) is 18.2 Å². The number of ether oxygens (including phenoxy) is 1. The number of hydrogen-bond donors (Lipinski definition) is 0. The number of aryl methyl sites for hydroxylation is 1. The first-order valence-electron chi connectivity index (χ1n) is 7.89. The smallest absolute Gasteiger partial charge is 0.242 e. The summed E-state index contributed by atoms with van der Waals surface area (Å²) in [5, 5.41) is 0. The van der Waals surface area contributed by atoms with Crippen LogP contribution in [0.5, 0.6) is 0 Å². The molecule has 1 aromatic carbocycles. The van der Waals surface area contributed by atoms with Crippen LogP contribution in [0.15, 0.2) is 24.3 Å². The quantitative estimate of drug-likeness (QED) is 0.835. The van der Waals surface area contributed by atoms with Gasteiger partial charge in [-0.25, -0.2) is 0 Å². The lowest BCUT2D eigenvalue weighted by Crippen LogP contribution is -2.50. The van der Waals surface area contributed by atoms with Crippen LogP contribution in [0.25, 0.3) is 0 Å². The van der Waals surface area contributed by atoms with Gasteiger partial charge in [-0.3, -0.25) is 4.79 Å². The highest BCUT2D eigenvalue weighted by Crippen LogP contribution is 2.30. The van der Waals surface area contributed by atoms with Crippen LogP contribution < -0.4 is 4.90 Å². The number of amides is 1. The topological polar surface area (TPSA) is 32.8 Å². The lowest BCUT2D eigenvalue weighted by atomic mass is 9.96. The van der Waals surface area contributed by atoms with Gasteiger partial charge < -0.3 is 14.5 Å². The summed E-state index contributed by atoms with van der Waals surface area (Å²) in [7, 11) is 0. The lowest BCUT2D eigenvalue weighted by Gasteiger charge is -2.39. The number of benzene rings is 1. The van der Waals surface area contributed by atoms with Crippen LogP contribution in [0.2, 0.25) is 0 Å². The summed E-state index contributed by atoms with van der Waals surface area (Å²) >= 11 is 0. The third-order valence-corrected chi connectivity index (χ3v) is 4.56. The first kappa shape index (κ1) is 14.4. The highest BCUT2D eigenvalue weighted by atomic mass is 16.5. The Bertz CT molecular complexity index is 517. The zero-order valence-electron chi connectivity index (χ0n) is 12.9. The summed E-state index contributed by atoms with van der Waals surface area (Å²) in [6, 6.07) is 8.88. The average Bonchev–Trinajstić information content (AvgIpc) is 2.50. The van der Waals surface area contributed by atoms with Crippen molar-refractivity contribution in [2.75, 3.05) is 31.1 Å². The SMILES string of the molecule is CC1CN(C(=O)CN2c3ccccc3CCC2C)CCO1. The van der Waals surface area contributed by atoms with E-state index in [0.29, 0.717) is 32.3 Å². The number of anilines is 1. The molecule has 2 aliphatic rings. The number of nitrogens with zero attached hydrogens (tertiary/aromatic N) is 2. The molecule has 0 saturated carbocycles. The molecule has 2 atom stereocenters. The molecular weight excluding hydrogens is 264 g/mol. The molecule has 1 fully saturated rings. The van der Waals surface area contributed by atoms with Crippen LogP contribution in [-0.4, -0.2) is 49.2 Å². The molecule has 2 heterocycles. The second kappa shape index (κ2) is 6.06. The molecule has 0 radical (unpaired) electrons. The van der Waals surface area contributed by atoms with E-state index in [1.54, 1.807) is 0 Å². The Hall–Kier alpha value is -1.55. The summed E-state index contributed by atoms with van der Waals surface area (Å²) in [5.41, 5.74) is 2.59. The van der Waals surface area contributed by atoms with Crippen molar-refractivity contribution in [3.63, 3.8) is 0 Å². The van der Waals surface area contributed by atoms with E-state index < -0.39 is 0 Å². The van der Waals surface area contributed by atoms with Gasteiger partial charge >= 0.3 is 0 Å². The zero-order chi connectivity index (χ0) is 14.8. The van der Waals surface area contributed by atoms with Crippen molar-refractivity contribution in [3.8, 4) is 0 Å². The Morgan fingerprint density at radius 3 is 2.95 bits per heavy atom.